The molecule has 14 nitrogen and oxygen atoms in total. The minimum atomic E-state index is -3.88. The normalized spacial score (nSPS) is 28.0. The molecule has 4 amide bonds. The number of carbonyl (C=O) groups excluding carboxylic acids is 4. The van der Waals surface area contributed by atoms with E-state index in [4.69, 9.17) is 19.2 Å². The van der Waals surface area contributed by atoms with Crippen LogP contribution in [0.3, 0.4) is 0 Å². The van der Waals surface area contributed by atoms with E-state index < -0.39 is 74.3 Å². The molecule has 2 aromatic rings. The van der Waals surface area contributed by atoms with Gasteiger partial charge in [-0.3, -0.25) is 19.1 Å². The zero-order chi connectivity index (χ0) is 39.1. The Kier molecular flexibility index (Phi) is 10.8. The van der Waals surface area contributed by atoms with Gasteiger partial charge in [-0.2, -0.15) is 0 Å². The minimum Gasteiger partial charge on any atom is -0.497 e. The lowest BCUT2D eigenvalue weighted by Gasteiger charge is -2.30. The molecule has 7 rings (SSSR count). The van der Waals surface area contributed by atoms with Gasteiger partial charge in [0.15, 0.2) is 0 Å². The number of methoxy groups -OCH3 is 1. The average molecular weight is 780 g/mol. The second-order valence-electron chi connectivity index (χ2n) is 16.7. The van der Waals surface area contributed by atoms with E-state index in [2.05, 4.69) is 15.4 Å². The highest BCUT2D eigenvalue weighted by Crippen LogP contribution is 2.46. The standard InChI is InChI=1S/C40H53N5O9S/c1-39(2,3)54-38(49)42-32-15-9-7-5-6-8-12-24-22-40(24,37(48)44-55(50,51)27-17-18-27)43-34(46)33-21-26(23-45(33)36(32)47)53-35-29-14-11-10-13-28(29)30-20-25(52-4)16-19-31(30)41-35/h8,12,16,19-20,24,26-27,32-33H,5-7,9-11,13-15,17-18,21-23H2,1-4H3,(H,42,49)(H,43,46)(H,44,48)/b12-8-/t24-,26-,32+,33+,40-/m1/s1. The minimum absolute atomic E-state index is 0.0269. The van der Waals surface area contributed by atoms with E-state index in [0.29, 0.717) is 38.0 Å². The summed E-state index contributed by atoms with van der Waals surface area (Å²) in [4.78, 5) is 62.2. The average Bonchev–Trinajstić information content (AvgIpc) is 4.06. The van der Waals surface area contributed by atoms with E-state index >= 15 is 0 Å². The van der Waals surface area contributed by atoms with Gasteiger partial charge in [-0.15, -0.1) is 0 Å². The maximum absolute atomic E-state index is 14.6. The molecule has 2 aliphatic heterocycles. The molecular formula is C40H53N5O9S. The first-order valence-corrected chi connectivity index (χ1v) is 21.2. The first kappa shape index (κ1) is 38.9. The van der Waals surface area contributed by atoms with Crippen molar-refractivity contribution in [3.63, 3.8) is 0 Å². The first-order chi connectivity index (χ1) is 26.2. The zero-order valence-electron chi connectivity index (χ0n) is 32.1. The predicted molar refractivity (Wildman–Crippen MR) is 204 cm³/mol. The summed E-state index contributed by atoms with van der Waals surface area (Å²) in [6, 6.07) is 3.67. The number of allylic oxidation sites excluding steroid dienone is 1. The van der Waals surface area contributed by atoms with Crippen LogP contribution in [0.25, 0.3) is 10.9 Å². The molecule has 3 fully saturated rings. The van der Waals surface area contributed by atoms with Gasteiger partial charge in [0.1, 0.15) is 35.1 Å². The van der Waals surface area contributed by atoms with E-state index in [0.717, 1.165) is 66.3 Å². The Morgan fingerprint density at radius 1 is 1.02 bits per heavy atom. The van der Waals surface area contributed by atoms with E-state index in [1.165, 1.54) is 4.90 Å². The van der Waals surface area contributed by atoms with E-state index in [-0.39, 0.29) is 19.4 Å². The maximum atomic E-state index is 14.6. The third kappa shape index (κ3) is 8.56. The maximum Gasteiger partial charge on any atom is 0.408 e. The number of sulfonamides is 1. The SMILES string of the molecule is COc1ccc2nc(O[C@@H]3C[C@H]4C(=O)N[C@]5(C(=O)NS(=O)(=O)C6CC6)C[C@H]5/C=C\CCCCC[C@H](NC(=O)OC(C)(C)C)C(=O)N4C3)c3c(c2c1)CCCC3. The fraction of sp³-hybridized carbons (Fsp3) is 0.625. The van der Waals surface area contributed by atoms with Gasteiger partial charge in [-0.05, 0) is 109 Å². The Hall–Kier alpha value is -4.40. The van der Waals surface area contributed by atoms with Gasteiger partial charge in [0.25, 0.3) is 5.91 Å². The number of aromatic nitrogens is 1. The zero-order valence-corrected chi connectivity index (χ0v) is 33.0. The third-order valence-electron chi connectivity index (χ3n) is 11.3. The largest absolute Gasteiger partial charge is 0.497 e. The van der Waals surface area contributed by atoms with Crippen LogP contribution in [0.5, 0.6) is 11.6 Å². The number of amides is 4. The second kappa shape index (κ2) is 15.3. The third-order valence-corrected chi connectivity index (χ3v) is 13.1. The fourth-order valence-corrected chi connectivity index (χ4v) is 9.51. The number of hydrogen-bond acceptors (Lipinski definition) is 10. The molecule has 0 unspecified atom stereocenters. The molecule has 3 heterocycles. The number of nitrogens with one attached hydrogen (secondary N) is 3. The van der Waals surface area contributed by atoms with Crippen molar-refractivity contribution in [2.75, 3.05) is 13.7 Å². The lowest BCUT2D eigenvalue weighted by atomic mass is 9.89. The quantitative estimate of drug-likeness (QED) is 0.342. The number of pyridine rings is 1. The molecule has 0 radical (unpaired) electrons. The van der Waals surface area contributed by atoms with Gasteiger partial charge in [-0.1, -0.05) is 25.0 Å². The number of ether oxygens (including phenoxy) is 3. The van der Waals surface area contributed by atoms with Crippen LogP contribution in [0.4, 0.5) is 4.79 Å². The van der Waals surface area contributed by atoms with Crippen molar-refractivity contribution >= 4 is 44.7 Å². The van der Waals surface area contributed by atoms with Gasteiger partial charge in [0.2, 0.25) is 27.7 Å². The van der Waals surface area contributed by atoms with Crippen molar-refractivity contribution in [3.05, 3.63) is 41.5 Å². The molecule has 3 aliphatic carbocycles. The highest BCUT2D eigenvalue weighted by molar-refractivity contribution is 7.91. The van der Waals surface area contributed by atoms with Gasteiger partial charge in [0, 0.05) is 23.3 Å². The summed E-state index contributed by atoms with van der Waals surface area (Å²) in [6.07, 6.45) is 10.6. The number of carbonyl (C=O) groups is 4. The molecule has 3 N–H and O–H groups in total. The number of nitrogens with zero attached hydrogens (tertiary/aromatic N) is 2. The van der Waals surface area contributed by atoms with Crippen LogP contribution in [0.2, 0.25) is 0 Å². The van der Waals surface area contributed by atoms with Crippen LogP contribution in [0.1, 0.15) is 103 Å². The Balaban J connectivity index is 1.21. The Bertz CT molecular complexity index is 1990. The summed E-state index contributed by atoms with van der Waals surface area (Å²) in [6.45, 7) is 5.25. The molecule has 5 aliphatic rings. The number of fused-ring (bicyclic) bond motifs is 5. The highest BCUT2D eigenvalue weighted by Gasteiger charge is 2.62. The molecule has 0 spiro atoms. The molecule has 0 bridgehead atoms. The second-order valence-corrected chi connectivity index (χ2v) is 18.6. The van der Waals surface area contributed by atoms with E-state index in [1.54, 1.807) is 27.9 Å². The Morgan fingerprint density at radius 3 is 2.51 bits per heavy atom. The number of rotatable bonds is 7. The van der Waals surface area contributed by atoms with Crippen LogP contribution in [-0.4, -0.2) is 90.3 Å². The van der Waals surface area contributed by atoms with Crippen LogP contribution in [-0.2, 0) is 42.0 Å². The van der Waals surface area contributed by atoms with Crippen LogP contribution < -0.4 is 24.8 Å². The van der Waals surface area contributed by atoms with Crippen molar-refractivity contribution in [1.29, 1.82) is 0 Å². The van der Waals surface area contributed by atoms with Crippen molar-refractivity contribution in [2.24, 2.45) is 5.92 Å². The fourth-order valence-electron chi connectivity index (χ4n) is 8.15. The van der Waals surface area contributed by atoms with Crippen LogP contribution in [0.15, 0.2) is 30.4 Å². The first-order valence-electron chi connectivity index (χ1n) is 19.7. The molecular weight excluding hydrogens is 727 g/mol. The van der Waals surface area contributed by atoms with E-state index in [9.17, 15) is 27.6 Å². The molecule has 1 aromatic heterocycles. The van der Waals surface area contributed by atoms with Crippen molar-refractivity contribution in [3.8, 4) is 11.6 Å². The summed E-state index contributed by atoms with van der Waals surface area (Å²) >= 11 is 0. The predicted octanol–water partition coefficient (Wildman–Crippen LogP) is 4.37. The summed E-state index contributed by atoms with van der Waals surface area (Å²) in [5.41, 5.74) is 0.611. The van der Waals surface area contributed by atoms with Gasteiger partial charge in [-0.25, -0.2) is 18.2 Å². The number of alkyl carbamates (subject to hydrolysis) is 1. The van der Waals surface area contributed by atoms with E-state index in [1.807, 2.05) is 30.4 Å². The molecule has 2 saturated carbocycles. The summed E-state index contributed by atoms with van der Waals surface area (Å²) in [5.74, 6) is -1.05. The summed E-state index contributed by atoms with van der Waals surface area (Å²) in [5, 5.41) is 6.07. The lowest BCUT2D eigenvalue weighted by molar-refractivity contribution is -0.141. The Morgan fingerprint density at radius 2 is 1.78 bits per heavy atom. The number of hydrogen-bond donors (Lipinski definition) is 3. The van der Waals surface area contributed by atoms with Gasteiger partial charge < -0.3 is 29.7 Å². The molecule has 298 valence electrons. The molecule has 1 saturated heterocycles. The summed E-state index contributed by atoms with van der Waals surface area (Å²) < 4.78 is 45.7. The highest BCUT2D eigenvalue weighted by atomic mass is 32.2. The van der Waals surface area contributed by atoms with Crippen LogP contribution >= 0.6 is 0 Å². The topological polar surface area (TPSA) is 182 Å². The van der Waals surface area contributed by atoms with Crippen LogP contribution in [0, 0.1) is 5.92 Å². The number of aryl methyl sites for hydroxylation is 1. The van der Waals surface area contributed by atoms with Crippen molar-refractivity contribution in [2.45, 2.75) is 139 Å². The van der Waals surface area contributed by atoms with Crippen molar-refractivity contribution in [1.82, 2.24) is 25.2 Å². The molecule has 15 heteroatoms. The monoisotopic (exact) mass is 779 g/mol. The molecule has 55 heavy (non-hydrogen) atoms. The Labute approximate surface area is 322 Å². The van der Waals surface area contributed by atoms with Gasteiger partial charge >= 0.3 is 6.09 Å². The van der Waals surface area contributed by atoms with Gasteiger partial charge in [0.05, 0.1) is 24.4 Å². The number of benzene rings is 1. The lowest BCUT2D eigenvalue weighted by Crippen LogP contribution is -2.58. The molecule has 5 atom stereocenters. The molecule has 1 aromatic carbocycles. The summed E-state index contributed by atoms with van der Waals surface area (Å²) in [7, 11) is -2.25. The van der Waals surface area contributed by atoms with Crippen molar-refractivity contribution < 1.29 is 41.8 Å². The smallest absolute Gasteiger partial charge is 0.408 e.